The molecule has 1 aliphatic rings. The average Bonchev–Trinajstić information content (AvgIpc) is 3.20. The lowest BCUT2D eigenvalue weighted by atomic mass is 10.0. The monoisotopic (exact) mass is 373 g/mol. The number of nitrogens with zero attached hydrogens (tertiary/aromatic N) is 1. The first-order chi connectivity index (χ1) is 12.1. The van der Waals surface area contributed by atoms with Gasteiger partial charge in [0.05, 0.1) is 10.0 Å². The summed E-state index contributed by atoms with van der Waals surface area (Å²) in [6, 6.07) is 14.9. The Morgan fingerprint density at radius 1 is 1.04 bits per heavy atom. The highest BCUT2D eigenvalue weighted by Crippen LogP contribution is 2.31. The fraction of sp³-hybridized carbons (Fsp3) is 0.333. The van der Waals surface area contributed by atoms with Gasteiger partial charge >= 0.3 is 0 Å². The lowest BCUT2D eigenvalue weighted by molar-refractivity contribution is 0.266. The summed E-state index contributed by atoms with van der Waals surface area (Å²) in [6.07, 6.45) is 3.59. The molecule has 0 aliphatic carbocycles. The Kier molecular flexibility index (Phi) is 4.77. The van der Waals surface area contributed by atoms with E-state index in [0.29, 0.717) is 16.1 Å². The van der Waals surface area contributed by atoms with E-state index in [1.54, 1.807) is 0 Å². The maximum absolute atomic E-state index is 6.15. The smallest absolute Gasteiger partial charge is 0.134 e. The molecule has 4 heteroatoms. The Morgan fingerprint density at radius 2 is 1.84 bits per heavy atom. The fourth-order valence-electron chi connectivity index (χ4n) is 3.66. The lowest BCUT2D eigenvalue weighted by Gasteiger charge is -2.19. The predicted molar refractivity (Wildman–Crippen MR) is 106 cm³/mol. The molecule has 0 unspecified atom stereocenters. The number of halogens is 2. The Bertz CT molecular complexity index is 902. The third-order valence-electron chi connectivity index (χ3n) is 5.16. The predicted octanol–water partition coefficient (Wildman–Crippen LogP) is 6.43. The maximum Gasteiger partial charge on any atom is 0.134 e. The highest BCUT2D eigenvalue weighted by molar-refractivity contribution is 6.42. The van der Waals surface area contributed by atoms with Crippen molar-refractivity contribution in [2.75, 3.05) is 13.1 Å². The molecule has 1 aromatic heterocycles. The van der Waals surface area contributed by atoms with Crippen molar-refractivity contribution < 1.29 is 4.42 Å². The Balaban J connectivity index is 1.55. The van der Waals surface area contributed by atoms with Gasteiger partial charge in [0.2, 0.25) is 0 Å². The second-order valence-corrected chi connectivity index (χ2v) is 7.69. The van der Waals surface area contributed by atoms with Crippen molar-refractivity contribution in [1.29, 1.82) is 0 Å². The van der Waals surface area contributed by atoms with Crippen LogP contribution in [0.2, 0.25) is 10.0 Å². The number of fused-ring (bicyclic) bond motifs is 1. The van der Waals surface area contributed by atoms with Crippen molar-refractivity contribution in [2.24, 2.45) is 0 Å². The van der Waals surface area contributed by atoms with Crippen LogP contribution in [0.3, 0.4) is 0 Å². The van der Waals surface area contributed by atoms with Crippen LogP contribution in [0, 0.1) is 0 Å². The minimum Gasteiger partial charge on any atom is -0.461 e. The molecule has 3 aromatic rings. The van der Waals surface area contributed by atoms with Gasteiger partial charge < -0.3 is 9.32 Å². The summed E-state index contributed by atoms with van der Waals surface area (Å²) in [4.78, 5) is 2.55. The third-order valence-corrected chi connectivity index (χ3v) is 5.90. The summed E-state index contributed by atoms with van der Waals surface area (Å²) in [5.41, 5.74) is 3.12. The highest BCUT2D eigenvalue weighted by atomic mass is 35.5. The number of benzene rings is 2. The molecular weight excluding hydrogens is 353 g/mol. The number of hydrogen-bond acceptors (Lipinski definition) is 2. The Hall–Kier alpha value is -1.48. The summed E-state index contributed by atoms with van der Waals surface area (Å²) >= 11 is 12.2. The second kappa shape index (κ2) is 7.03. The normalized spacial score (nSPS) is 18.3. The zero-order valence-electron chi connectivity index (χ0n) is 14.3. The largest absolute Gasteiger partial charge is 0.461 e. The molecule has 2 heterocycles. The third kappa shape index (κ3) is 3.57. The van der Waals surface area contributed by atoms with E-state index in [1.807, 2.05) is 24.3 Å². The second-order valence-electron chi connectivity index (χ2n) is 6.87. The van der Waals surface area contributed by atoms with Crippen molar-refractivity contribution in [3.63, 3.8) is 0 Å². The van der Waals surface area contributed by atoms with Crippen molar-refractivity contribution in [3.8, 4) is 11.1 Å². The summed E-state index contributed by atoms with van der Waals surface area (Å²) in [5.74, 6) is 1.06. The number of likely N-dealkylation sites (tertiary alicyclic amines) is 1. The zero-order chi connectivity index (χ0) is 17.4. The summed E-state index contributed by atoms with van der Waals surface area (Å²) in [7, 11) is 0. The van der Waals surface area contributed by atoms with Gasteiger partial charge in [-0.25, -0.2) is 0 Å². The highest BCUT2D eigenvalue weighted by Gasteiger charge is 2.20. The molecule has 4 rings (SSSR count). The lowest BCUT2D eigenvalue weighted by Crippen LogP contribution is -2.28. The average molecular weight is 374 g/mol. The first kappa shape index (κ1) is 17.0. The zero-order valence-corrected chi connectivity index (χ0v) is 15.8. The molecule has 0 saturated carbocycles. The minimum atomic E-state index is 0.576. The molecule has 0 bridgehead atoms. The van der Waals surface area contributed by atoms with Crippen LogP contribution < -0.4 is 0 Å². The van der Waals surface area contributed by atoms with Gasteiger partial charge in [0.1, 0.15) is 11.3 Å². The number of hydrogen-bond donors (Lipinski definition) is 0. The van der Waals surface area contributed by atoms with E-state index in [2.05, 4.69) is 30.0 Å². The van der Waals surface area contributed by atoms with Crippen LogP contribution in [-0.4, -0.2) is 24.0 Å². The molecule has 1 fully saturated rings. The molecule has 25 heavy (non-hydrogen) atoms. The Labute approximate surface area is 158 Å². The van der Waals surface area contributed by atoms with Gasteiger partial charge in [-0.05, 0) is 67.8 Å². The molecule has 0 radical (unpaired) electrons. The van der Waals surface area contributed by atoms with Crippen LogP contribution in [0.1, 0.15) is 25.5 Å². The van der Waals surface area contributed by atoms with Gasteiger partial charge in [-0.1, -0.05) is 35.3 Å². The van der Waals surface area contributed by atoms with Crippen LogP contribution in [0.4, 0.5) is 0 Å². The molecule has 2 aromatic carbocycles. The van der Waals surface area contributed by atoms with Crippen LogP contribution in [0.5, 0.6) is 0 Å². The standard InChI is InChI=1S/C21H21Cl2NO/c1-14-3-2-9-24(14)10-8-18-12-17-11-15(5-7-21(17)25-18)16-4-6-19(22)20(23)13-16/h4-7,11-14H,2-3,8-10H2,1H3/t14-/m1/s1. The van der Waals surface area contributed by atoms with Gasteiger partial charge in [-0.2, -0.15) is 0 Å². The van der Waals surface area contributed by atoms with E-state index < -0.39 is 0 Å². The summed E-state index contributed by atoms with van der Waals surface area (Å²) in [6.45, 7) is 4.60. The molecule has 130 valence electrons. The van der Waals surface area contributed by atoms with E-state index in [1.165, 1.54) is 19.4 Å². The van der Waals surface area contributed by atoms with Gasteiger partial charge in [-0.3, -0.25) is 0 Å². The SMILES string of the molecule is C[C@@H]1CCCN1CCc1cc2cc(-c3ccc(Cl)c(Cl)c3)ccc2o1. The van der Waals surface area contributed by atoms with Crippen LogP contribution in [0.25, 0.3) is 22.1 Å². The summed E-state index contributed by atoms with van der Waals surface area (Å²) in [5, 5.41) is 2.29. The summed E-state index contributed by atoms with van der Waals surface area (Å²) < 4.78 is 6.02. The molecule has 2 nitrogen and oxygen atoms in total. The fourth-order valence-corrected chi connectivity index (χ4v) is 3.95. The van der Waals surface area contributed by atoms with Gasteiger partial charge in [0.15, 0.2) is 0 Å². The van der Waals surface area contributed by atoms with Gasteiger partial charge in [0.25, 0.3) is 0 Å². The van der Waals surface area contributed by atoms with Crippen LogP contribution in [-0.2, 0) is 6.42 Å². The van der Waals surface area contributed by atoms with E-state index in [0.717, 1.165) is 40.8 Å². The topological polar surface area (TPSA) is 16.4 Å². The van der Waals surface area contributed by atoms with E-state index in [-0.39, 0.29) is 0 Å². The number of furan rings is 1. The maximum atomic E-state index is 6.15. The quantitative estimate of drug-likeness (QED) is 0.523. The molecular formula is C21H21Cl2NO. The van der Waals surface area contributed by atoms with Crippen molar-refractivity contribution >= 4 is 34.2 Å². The van der Waals surface area contributed by atoms with Gasteiger partial charge in [-0.15, -0.1) is 0 Å². The molecule has 0 spiro atoms. The first-order valence-electron chi connectivity index (χ1n) is 8.82. The molecule has 1 saturated heterocycles. The van der Waals surface area contributed by atoms with Gasteiger partial charge in [0, 0.05) is 24.4 Å². The van der Waals surface area contributed by atoms with E-state index in [4.69, 9.17) is 27.6 Å². The minimum absolute atomic E-state index is 0.576. The Morgan fingerprint density at radius 3 is 2.60 bits per heavy atom. The van der Waals surface area contributed by atoms with E-state index in [9.17, 15) is 0 Å². The first-order valence-corrected chi connectivity index (χ1v) is 9.58. The van der Waals surface area contributed by atoms with Crippen LogP contribution in [0.15, 0.2) is 46.9 Å². The van der Waals surface area contributed by atoms with Crippen molar-refractivity contribution in [1.82, 2.24) is 4.90 Å². The van der Waals surface area contributed by atoms with Crippen molar-refractivity contribution in [2.45, 2.75) is 32.2 Å². The number of rotatable bonds is 4. The van der Waals surface area contributed by atoms with E-state index >= 15 is 0 Å². The molecule has 1 aliphatic heterocycles. The molecule has 0 amide bonds. The molecule has 1 atom stereocenters. The van der Waals surface area contributed by atoms with Crippen LogP contribution >= 0.6 is 23.2 Å². The molecule has 0 N–H and O–H groups in total. The van der Waals surface area contributed by atoms with Crippen molar-refractivity contribution in [3.05, 3.63) is 58.3 Å².